The Balaban J connectivity index is 1.71. The SMILES string of the molecule is CC(C)(C)c1ccc2[nH]c3c(c2c1)CN(C(=O)c1ccccc1F)CC3. The van der Waals surface area contributed by atoms with Crippen molar-refractivity contribution >= 4 is 16.8 Å². The molecule has 0 bridgehead atoms. The van der Waals surface area contributed by atoms with Gasteiger partial charge in [0.25, 0.3) is 5.91 Å². The van der Waals surface area contributed by atoms with Gasteiger partial charge >= 0.3 is 0 Å². The maximum atomic E-state index is 14.0. The number of carbonyl (C=O) groups is 1. The van der Waals surface area contributed by atoms with Gasteiger partial charge in [-0.25, -0.2) is 4.39 Å². The number of carbonyl (C=O) groups excluding carboxylic acids is 1. The molecule has 0 aliphatic carbocycles. The third-order valence-electron chi connectivity index (χ3n) is 5.23. The fourth-order valence-corrected chi connectivity index (χ4v) is 3.66. The van der Waals surface area contributed by atoms with Crippen molar-refractivity contribution in [3.63, 3.8) is 0 Å². The summed E-state index contributed by atoms with van der Waals surface area (Å²) in [6.07, 6.45) is 0.759. The van der Waals surface area contributed by atoms with Gasteiger partial charge in [-0.1, -0.05) is 39.0 Å². The maximum absolute atomic E-state index is 14.0. The molecule has 0 fully saturated rings. The first-order valence-corrected chi connectivity index (χ1v) is 9.02. The van der Waals surface area contributed by atoms with E-state index < -0.39 is 5.82 Å². The Morgan fingerprint density at radius 1 is 1.15 bits per heavy atom. The minimum absolute atomic E-state index is 0.0652. The van der Waals surface area contributed by atoms with Crippen LogP contribution < -0.4 is 0 Å². The molecule has 1 aliphatic rings. The van der Waals surface area contributed by atoms with E-state index in [1.807, 2.05) is 0 Å². The molecule has 26 heavy (non-hydrogen) atoms. The lowest BCUT2D eigenvalue weighted by Gasteiger charge is -2.27. The van der Waals surface area contributed by atoms with Crippen molar-refractivity contribution in [2.75, 3.05) is 6.54 Å². The van der Waals surface area contributed by atoms with Crippen LogP contribution in [0.1, 0.15) is 48.0 Å². The second-order valence-electron chi connectivity index (χ2n) is 8.05. The number of hydrogen-bond donors (Lipinski definition) is 1. The van der Waals surface area contributed by atoms with Crippen LogP contribution in [-0.2, 0) is 18.4 Å². The normalized spacial score (nSPS) is 14.5. The smallest absolute Gasteiger partial charge is 0.257 e. The van der Waals surface area contributed by atoms with Gasteiger partial charge in [-0.3, -0.25) is 4.79 Å². The molecule has 1 amide bonds. The molecule has 2 aromatic carbocycles. The zero-order valence-corrected chi connectivity index (χ0v) is 15.4. The Morgan fingerprint density at radius 3 is 2.65 bits per heavy atom. The Morgan fingerprint density at radius 2 is 1.92 bits per heavy atom. The molecule has 0 spiro atoms. The highest BCUT2D eigenvalue weighted by molar-refractivity contribution is 5.95. The van der Waals surface area contributed by atoms with E-state index in [9.17, 15) is 9.18 Å². The number of halogens is 1. The van der Waals surface area contributed by atoms with E-state index in [0.717, 1.165) is 17.5 Å². The molecule has 0 unspecified atom stereocenters. The molecule has 0 saturated heterocycles. The summed E-state index contributed by atoms with van der Waals surface area (Å²) in [5.74, 6) is -0.702. The standard InChI is InChI=1S/C22H23FN2O/c1-22(2,3)14-8-9-19-16(12-14)17-13-25(11-10-20(17)24-19)21(26)15-6-4-5-7-18(15)23/h4-9,12,24H,10-11,13H2,1-3H3. The van der Waals surface area contributed by atoms with Crippen molar-refractivity contribution < 1.29 is 9.18 Å². The third kappa shape index (κ3) is 2.79. The Kier molecular flexibility index (Phi) is 3.87. The largest absolute Gasteiger partial charge is 0.358 e. The topological polar surface area (TPSA) is 36.1 Å². The van der Waals surface area contributed by atoms with Crippen molar-refractivity contribution in [3.8, 4) is 0 Å². The van der Waals surface area contributed by atoms with Gasteiger partial charge in [0.1, 0.15) is 5.82 Å². The van der Waals surface area contributed by atoms with Crippen molar-refractivity contribution in [2.24, 2.45) is 0 Å². The molecule has 4 rings (SSSR count). The van der Waals surface area contributed by atoms with Gasteiger partial charge in [0, 0.05) is 41.7 Å². The molecule has 0 saturated carbocycles. The lowest BCUT2D eigenvalue weighted by Crippen LogP contribution is -2.36. The van der Waals surface area contributed by atoms with E-state index in [2.05, 4.69) is 44.0 Å². The number of aromatic nitrogens is 1. The first-order chi connectivity index (χ1) is 12.3. The van der Waals surface area contributed by atoms with E-state index >= 15 is 0 Å². The highest BCUT2D eigenvalue weighted by atomic mass is 19.1. The van der Waals surface area contributed by atoms with Crippen LogP contribution in [-0.4, -0.2) is 22.3 Å². The molecule has 0 radical (unpaired) electrons. The number of nitrogens with one attached hydrogen (secondary N) is 1. The van der Waals surface area contributed by atoms with Crippen LogP contribution in [0.25, 0.3) is 10.9 Å². The number of benzene rings is 2. The highest BCUT2D eigenvalue weighted by Crippen LogP contribution is 2.32. The summed E-state index contributed by atoms with van der Waals surface area (Å²) in [4.78, 5) is 18.0. The van der Waals surface area contributed by atoms with Gasteiger partial charge in [-0.15, -0.1) is 0 Å². The molecule has 3 aromatic rings. The van der Waals surface area contributed by atoms with Crippen LogP contribution in [0.4, 0.5) is 4.39 Å². The predicted molar refractivity (Wildman–Crippen MR) is 102 cm³/mol. The summed E-state index contributed by atoms with van der Waals surface area (Å²) in [6.45, 7) is 7.69. The minimum Gasteiger partial charge on any atom is -0.358 e. The summed E-state index contributed by atoms with van der Waals surface area (Å²) in [6, 6.07) is 12.7. The molecule has 1 N–H and O–H groups in total. The number of fused-ring (bicyclic) bond motifs is 3. The first kappa shape index (κ1) is 16.8. The van der Waals surface area contributed by atoms with Gasteiger partial charge in [0.2, 0.25) is 0 Å². The first-order valence-electron chi connectivity index (χ1n) is 9.02. The number of hydrogen-bond acceptors (Lipinski definition) is 1. The van der Waals surface area contributed by atoms with E-state index in [0.29, 0.717) is 13.1 Å². The van der Waals surface area contributed by atoms with E-state index in [1.165, 1.54) is 22.7 Å². The van der Waals surface area contributed by atoms with Crippen LogP contribution >= 0.6 is 0 Å². The molecule has 2 heterocycles. The Labute approximate surface area is 152 Å². The highest BCUT2D eigenvalue weighted by Gasteiger charge is 2.26. The van der Waals surface area contributed by atoms with Crippen LogP contribution in [0, 0.1) is 5.82 Å². The van der Waals surface area contributed by atoms with E-state index in [4.69, 9.17) is 0 Å². The minimum atomic E-state index is -0.461. The van der Waals surface area contributed by atoms with Gasteiger partial charge in [-0.05, 0) is 35.2 Å². The monoisotopic (exact) mass is 350 g/mol. The quantitative estimate of drug-likeness (QED) is 0.672. The Hall–Kier alpha value is -2.62. The summed E-state index contributed by atoms with van der Waals surface area (Å²) < 4.78 is 14.0. The molecule has 1 aromatic heterocycles. The number of nitrogens with zero attached hydrogens (tertiary/aromatic N) is 1. The molecule has 4 heteroatoms. The summed E-state index contributed by atoms with van der Waals surface area (Å²) in [5, 5.41) is 1.17. The number of aromatic amines is 1. The summed E-state index contributed by atoms with van der Waals surface area (Å²) in [7, 11) is 0. The van der Waals surface area contributed by atoms with E-state index in [1.54, 1.807) is 23.1 Å². The van der Waals surface area contributed by atoms with Gasteiger partial charge in [0.05, 0.1) is 5.56 Å². The number of H-pyrrole nitrogens is 1. The second-order valence-corrected chi connectivity index (χ2v) is 8.05. The summed E-state index contributed by atoms with van der Waals surface area (Å²) in [5.41, 5.74) is 4.92. The number of rotatable bonds is 1. The molecular formula is C22H23FN2O. The van der Waals surface area contributed by atoms with Crippen LogP contribution in [0.3, 0.4) is 0 Å². The van der Waals surface area contributed by atoms with Gasteiger partial charge in [-0.2, -0.15) is 0 Å². The lowest BCUT2D eigenvalue weighted by atomic mass is 9.86. The van der Waals surface area contributed by atoms with Crippen molar-refractivity contribution in [1.29, 1.82) is 0 Å². The van der Waals surface area contributed by atoms with Crippen molar-refractivity contribution in [2.45, 2.75) is 39.2 Å². The molecule has 0 atom stereocenters. The van der Waals surface area contributed by atoms with Crippen molar-refractivity contribution in [1.82, 2.24) is 9.88 Å². The van der Waals surface area contributed by atoms with E-state index in [-0.39, 0.29) is 16.9 Å². The van der Waals surface area contributed by atoms with Gasteiger partial charge in [0.15, 0.2) is 0 Å². The zero-order chi connectivity index (χ0) is 18.5. The maximum Gasteiger partial charge on any atom is 0.257 e. The average molecular weight is 350 g/mol. The van der Waals surface area contributed by atoms with Crippen LogP contribution in [0.5, 0.6) is 0 Å². The lowest BCUT2D eigenvalue weighted by molar-refractivity contribution is 0.0730. The molecule has 3 nitrogen and oxygen atoms in total. The molecule has 1 aliphatic heterocycles. The second kappa shape index (κ2) is 5.97. The Bertz CT molecular complexity index is 997. The van der Waals surface area contributed by atoms with Gasteiger partial charge < -0.3 is 9.88 Å². The number of amides is 1. The summed E-state index contributed by atoms with van der Waals surface area (Å²) >= 11 is 0. The average Bonchev–Trinajstić information content (AvgIpc) is 2.98. The zero-order valence-electron chi connectivity index (χ0n) is 15.4. The predicted octanol–water partition coefficient (Wildman–Crippen LogP) is 4.80. The fourth-order valence-electron chi connectivity index (χ4n) is 3.66. The molecular weight excluding hydrogens is 327 g/mol. The van der Waals surface area contributed by atoms with Crippen LogP contribution in [0.2, 0.25) is 0 Å². The molecule has 134 valence electrons. The fraction of sp³-hybridized carbons (Fsp3) is 0.318. The van der Waals surface area contributed by atoms with Crippen LogP contribution in [0.15, 0.2) is 42.5 Å². The third-order valence-corrected chi connectivity index (χ3v) is 5.23. The van der Waals surface area contributed by atoms with Crippen molar-refractivity contribution in [3.05, 3.63) is 70.7 Å².